The van der Waals surface area contributed by atoms with E-state index in [0.29, 0.717) is 13.1 Å². The molecule has 1 amide bonds. The summed E-state index contributed by atoms with van der Waals surface area (Å²) in [6.07, 6.45) is 1.17. The maximum atomic E-state index is 12.0. The zero-order valence-corrected chi connectivity index (χ0v) is 11.6. The molecule has 1 aliphatic rings. The highest BCUT2D eigenvalue weighted by atomic mass is 16.6. The van der Waals surface area contributed by atoms with Crippen molar-refractivity contribution >= 4 is 11.8 Å². The first-order valence-corrected chi connectivity index (χ1v) is 6.87. The molecule has 6 heteroatoms. The fourth-order valence-corrected chi connectivity index (χ4v) is 2.28. The van der Waals surface area contributed by atoms with Crippen molar-refractivity contribution in [3.63, 3.8) is 0 Å². The first kappa shape index (κ1) is 13.4. The second-order valence-corrected chi connectivity index (χ2v) is 4.74. The minimum atomic E-state index is -0.372. The summed E-state index contributed by atoms with van der Waals surface area (Å²) < 4.78 is 5.19. The molecule has 1 aliphatic heterocycles. The number of hydrogen-bond acceptors (Lipinski definition) is 5. The second kappa shape index (κ2) is 6.21. The van der Waals surface area contributed by atoms with E-state index < -0.39 is 0 Å². The van der Waals surface area contributed by atoms with E-state index in [1.165, 1.54) is 11.9 Å². The Labute approximate surface area is 123 Å². The van der Waals surface area contributed by atoms with Gasteiger partial charge < -0.3 is 14.5 Å². The van der Waals surface area contributed by atoms with Crippen LogP contribution in [0.2, 0.25) is 0 Å². The molecule has 1 fully saturated rings. The molecule has 2 heterocycles. The van der Waals surface area contributed by atoms with Crippen molar-refractivity contribution in [2.75, 3.05) is 31.1 Å². The van der Waals surface area contributed by atoms with Crippen LogP contribution in [0, 0.1) is 0 Å². The van der Waals surface area contributed by atoms with E-state index in [0.717, 1.165) is 13.1 Å². The van der Waals surface area contributed by atoms with E-state index in [1.54, 1.807) is 17.0 Å². The Bertz CT molecular complexity index is 583. The van der Waals surface area contributed by atoms with Crippen LogP contribution in [-0.4, -0.2) is 47.4 Å². The van der Waals surface area contributed by atoms with Crippen molar-refractivity contribution in [1.29, 1.82) is 0 Å². The van der Waals surface area contributed by atoms with Crippen LogP contribution in [0.1, 0.15) is 0 Å². The molecule has 1 saturated heterocycles. The smallest absolute Gasteiger partial charge is 0.389 e. The van der Waals surface area contributed by atoms with Crippen LogP contribution in [0.15, 0.2) is 48.7 Å². The molecule has 0 saturated carbocycles. The molecule has 6 nitrogen and oxygen atoms in total. The van der Waals surface area contributed by atoms with Crippen molar-refractivity contribution in [3.05, 3.63) is 48.7 Å². The van der Waals surface area contributed by atoms with E-state index in [9.17, 15) is 4.79 Å². The predicted molar refractivity (Wildman–Crippen MR) is 78.3 cm³/mol. The summed E-state index contributed by atoms with van der Waals surface area (Å²) >= 11 is 0. The van der Waals surface area contributed by atoms with Gasteiger partial charge in [-0.1, -0.05) is 18.2 Å². The number of rotatable bonds is 2. The third-order valence-corrected chi connectivity index (χ3v) is 3.40. The minimum Gasteiger partial charge on any atom is -0.389 e. The Morgan fingerprint density at radius 3 is 2.43 bits per heavy atom. The monoisotopic (exact) mass is 284 g/mol. The quantitative estimate of drug-likeness (QED) is 0.841. The van der Waals surface area contributed by atoms with Crippen LogP contribution in [0.4, 0.5) is 10.5 Å². The summed E-state index contributed by atoms with van der Waals surface area (Å²) in [5.74, 6) is 0.230. The van der Waals surface area contributed by atoms with Gasteiger partial charge in [0.05, 0.1) is 0 Å². The molecule has 0 atom stereocenters. The topological polar surface area (TPSA) is 58.6 Å². The van der Waals surface area contributed by atoms with Crippen LogP contribution < -0.4 is 9.64 Å². The molecule has 0 N–H and O–H groups in total. The molecule has 2 aromatic rings. The van der Waals surface area contributed by atoms with Crippen LogP contribution in [0.5, 0.6) is 5.88 Å². The van der Waals surface area contributed by atoms with Crippen molar-refractivity contribution < 1.29 is 9.53 Å². The maximum Gasteiger partial charge on any atom is 0.416 e. The molecule has 0 spiro atoms. The summed E-state index contributed by atoms with van der Waals surface area (Å²) in [4.78, 5) is 16.0. The number of anilines is 1. The van der Waals surface area contributed by atoms with Gasteiger partial charge >= 0.3 is 6.09 Å². The van der Waals surface area contributed by atoms with Gasteiger partial charge in [-0.25, -0.2) is 4.79 Å². The average molecular weight is 284 g/mol. The predicted octanol–water partition coefficient (Wildman–Crippen LogP) is 1.80. The summed E-state index contributed by atoms with van der Waals surface area (Å²) in [6.45, 7) is 2.85. The highest BCUT2D eigenvalue weighted by molar-refractivity contribution is 5.70. The SMILES string of the molecule is O=C(Oc1cccnn1)N1CCN(c2ccccc2)CC1. The first-order valence-electron chi connectivity index (χ1n) is 6.87. The number of amides is 1. The standard InChI is InChI=1S/C15H16N4O2/c20-15(21-14-7-4-8-16-17-14)19-11-9-18(10-12-19)13-5-2-1-3-6-13/h1-8H,9-12H2. The number of ether oxygens (including phenoxy) is 1. The molecular weight excluding hydrogens is 268 g/mol. The van der Waals surface area contributed by atoms with Gasteiger partial charge in [-0.05, 0) is 18.2 Å². The number of para-hydroxylation sites is 1. The molecule has 21 heavy (non-hydrogen) atoms. The summed E-state index contributed by atoms with van der Waals surface area (Å²) in [6, 6.07) is 13.5. The Kier molecular flexibility index (Phi) is 3.95. The molecule has 0 radical (unpaired) electrons. The highest BCUT2D eigenvalue weighted by Gasteiger charge is 2.22. The van der Waals surface area contributed by atoms with Crippen molar-refractivity contribution in [2.24, 2.45) is 0 Å². The number of benzene rings is 1. The van der Waals surface area contributed by atoms with Gasteiger partial charge in [0.25, 0.3) is 0 Å². The summed E-state index contributed by atoms with van der Waals surface area (Å²) in [5.41, 5.74) is 1.18. The molecule has 0 unspecified atom stereocenters. The molecule has 108 valence electrons. The first-order chi connectivity index (χ1) is 10.3. The lowest BCUT2D eigenvalue weighted by Gasteiger charge is -2.35. The summed E-state index contributed by atoms with van der Waals surface area (Å²) in [7, 11) is 0. The fraction of sp³-hybridized carbons (Fsp3) is 0.267. The van der Waals surface area contributed by atoms with Gasteiger partial charge in [0.1, 0.15) is 0 Å². The number of nitrogens with zero attached hydrogens (tertiary/aromatic N) is 4. The van der Waals surface area contributed by atoms with E-state index >= 15 is 0 Å². The lowest BCUT2D eigenvalue weighted by molar-refractivity contribution is 0.147. The van der Waals surface area contributed by atoms with E-state index in [2.05, 4.69) is 27.2 Å². The number of aromatic nitrogens is 2. The van der Waals surface area contributed by atoms with Crippen LogP contribution >= 0.6 is 0 Å². The summed E-state index contributed by atoms with van der Waals surface area (Å²) in [5, 5.41) is 7.43. The number of hydrogen-bond donors (Lipinski definition) is 0. The maximum absolute atomic E-state index is 12.0. The molecule has 0 bridgehead atoms. The molecule has 1 aromatic heterocycles. The Balaban J connectivity index is 1.55. The van der Waals surface area contributed by atoms with E-state index in [1.807, 2.05) is 18.2 Å². The third kappa shape index (κ3) is 3.28. The molecular formula is C15H16N4O2. The van der Waals surface area contributed by atoms with Crippen molar-refractivity contribution in [1.82, 2.24) is 15.1 Å². The zero-order valence-electron chi connectivity index (χ0n) is 11.6. The Hall–Kier alpha value is -2.63. The van der Waals surface area contributed by atoms with Gasteiger partial charge in [-0.15, -0.1) is 5.10 Å². The normalized spacial score (nSPS) is 14.9. The number of carbonyl (C=O) groups is 1. The molecule has 1 aromatic carbocycles. The van der Waals surface area contributed by atoms with Gasteiger partial charge in [-0.3, -0.25) is 0 Å². The van der Waals surface area contributed by atoms with Gasteiger partial charge in [0.15, 0.2) is 0 Å². The van der Waals surface area contributed by atoms with Crippen LogP contribution in [0.3, 0.4) is 0 Å². The van der Waals surface area contributed by atoms with Crippen LogP contribution in [-0.2, 0) is 0 Å². The number of piperazine rings is 1. The van der Waals surface area contributed by atoms with Crippen molar-refractivity contribution in [2.45, 2.75) is 0 Å². The second-order valence-electron chi connectivity index (χ2n) is 4.74. The fourth-order valence-electron chi connectivity index (χ4n) is 2.28. The molecule has 0 aliphatic carbocycles. The van der Waals surface area contributed by atoms with Crippen LogP contribution in [0.25, 0.3) is 0 Å². The van der Waals surface area contributed by atoms with Gasteiger partial charge in [-0.2, -0.15) is 5.10 Å². The lowest BCUT2D eigenvalue weighted by atomic mass is 10.2. The lowest BCUT2D eigenvalue weighted by Crippen LogP contribution is -2.49. The van der Waals surface area contributed by atoms with Gasteiger partial charge in [0.2, 0.25) is 5.88 Å². The van der Waals surface area contributed by atoms with Gasteiger partial charge in [0, 0.05) is 44.1 Å². The zero-order chi connectivity index (χ0) is 14.5. The highest BCUT2D eigenvalue weighted by Crippen LogP contribution is 2.16. The van der Waals surface area contributed by atoms with E-state index in [4.69, 9.17) is 4.74 Å². The molecule has 3 rings (SSSR count). The third-order valence-electron chi connectivity index (χ3n) is 3.40. The average Bonchev–Trinajstić information content (AvgIpc) is 2.57. The minimum absolute atomic E-state index is 0.230. The van der Waals surface area contributed by atoms with E-state index in [-0.39, 0.29) is 12.0 Å². The Morgan fingerprint density at radius 2 is 1.76 bits per heavy atom. The largest absolute Gasteiger partial charge is 0.416 e. The Morgan fingerprint density at radius 1 is 1.00 bits per heavy atom. The van der Waals surface area contributed by atoms with Crippen molar-refractivity contribution in [3.8, 4) is 5.88 Å². The number of carbonyl (C=O) groups excluding carboxylic acids is 1.